The fourth-order valence-electron chi connectivity index (χ4n) is 2.37. The van der Waals surface area contributed by atoms with Gasteiger partial charge in [0.15, 0.2) is 0 Å². The van der Waals surface area contributed by atoms with Crippen LogP contribution < -0.4 is 10.2 Å². The Bertz CT molecular complexity index is 963. The van der Waals surface area contributed by atoms with E-state index in [4.69, 9.17) is 5.26 Å². The maximum Gasteiger partial charge on any atom is 0.421 e. The van der Waals surface area contributed by atoms with Crippen LogP contribution in [0.3, 0.4) is 0 Å². The van der Waals surface area contributed by atoms with Gasteiger partial charge in [-0.25, -0.2) is 4.98 Å². The van der Waals surface area contributed by atoms with Gasteiger partial charge in [0.05, 0.1) is 11.6 Å². The molecule has 3 aromatic rings. The molecule has 0 fully saturated rings. The number of para-hydroxylation sites is 1. The minimum absolute atomic E-state index is 0.0890. The number of rotatable bonds is 4. The zero-order chi connectivity index (χ0) is 19.4. The van der Waals surface area contributed by atoms with E-state index in [-0.39, 0.29) is 11.8 Å². The fourth-order valence-corrected chi connectivity index (χ4v) is 2.37. The summed E-state index contributed by atoms with van der Waals surface area (Å²) in [6.45, 7) is 0. The smallest absolute Gasteiger partial charge is 0.340 e. The molecule has 136 valence electrons. The molecule has 3 rings (SSSR count). The molecule has 5 nitrogen and oxygen atoms in total. The summed E-state index contributed by atoms with van der Waals surface area (Å²) in [7, 11) is 1.64. The molecule has 0 saturated carbocycles. The molecule has 0 aliphatic carbocycles. The first-order chi connectivity index (χ1) is 12.9. The van der Waals surface area contributed by atoms with Crippen LogP contribution in [0.5, 0.6) is 0 Å². The largest absolute Gasteiger partial charge is 0.421 e. The van der Waals surface area contributed by atoms with E-state index in [0.717, 1.165) is 6.20 Å². The summed E-state index contributed by atoms with van der Waals surface area (Å²) in [6.07, 6.45) is -3.84. The van der Waals surface area contributed by atoms with Crippen molar-refractivity contribution in [3.05, 3.63) is 71.9 Å². The van der Waals surface area contributed by atoms with Crippen LogP contribution in [0.15, 0.2) is 60.8 Å². The Balaban J connectivity index is 1.99. The van der Waals surface area contributed by atoms with Gasteiger partial charge in [0.25, 0.3) is 0 Å². The van der Waals surface area contributed by atoms with Crippen LogP contribution in [-0.2, 0) is 6.18 Å². The second-order valence-electron chi connectivity index (χ2n) is 5.64. The highest BCUT2D eigenvalue weighted by Crippen LogP contribution is 2.36. The van der Waals surface area contributed by atoms with Crippen LogP contribution in [0.1, 0.15) is 11.1 Å². The maximum absolute atomic E-state index is 13.3. The van der Waals surface area contributed by atoms with E-state index in [9.17, 15) is 13.2 Å². The number of nitriles is 1. The molecule has 0 unspecified atom stereocenters. The van der Waals surface area contributed by atoms with Crippen molar-refractivity contribution in [3.8, 4) is 6.07 Å². The van der Waals surface area contributed by atoms with Gasteiger partial charge < -0.3 is 10.2 Å². The molecule has 0 radical (unpaired) electrons. The van der Waals surface area contributed by atoms with Gasteiger partial charge in [0.1, 0.15) is 11.4 Å². The second kappa shape index (κ2) is 7.33. The van der Waals surface area contributed by atoms with E-state index in [2.05, 4.69) is 15.3 Å². The first kappa shape index (κ1) is 18.2. The first-order valence-corrected chi connectivity index (χ1v) is 7.88. The van der Waals surface area contributed by atoms with Crippen molar-refractivity contribution < 1.29 is 13.2 Å². The Morgan fingerprint density at radius 1 is 1.04 bits per heavy atom. The number of alkyl halides is 3. The summed E-state index contributed by atoms with van der Waals surface area (Å²) in [6, 6.07) is 17.0. The number of hydrogen-bond acceptors (Lipinski definition) is 5. The lowest BCUT2D eigenvalue weighted by molar-refractivity contribution is -0.137. The van der Waals surface area contributed by atoms with Gasteiger partial charge in [-0.15, -0.1) is 0 Å². The summed E-state index contributed by atoms with van der Waals surface area (Å²) < 4.78 is 40.0. The third-order valence-corrected chi connectivity index (χ3v) is 3.80. The lowest BCUT2D eigenvalue weighted by Crippen LogP contribution is -2.17. The van der Waals surface area contributed by atoms with Crippen LogP contribution in [0.2, 0.25) is 0 Å². The Labute approximate surface area is 153 Å². The minimum atomic E-state index is -4.59. The Morgan fingerprint density at radius 2 is 1.70 bits per heavy atom. The molecule has 0 aliphatic rings. The molecule has 2 aromatic carbocycles. The molecule has 27 heavy (non-hydrogen) atoms. The zero-order valence-corrected chi connectivity index (χ0v) is 14.2. The number of anilines is 4. The van der Waals surface area contributed by atoms with E-state index >= 15 is 0 Å². The molecular formula is C19H14F3N5. The number of halogens is 3. The average molecular weight is 369 g/mol. The Hall–Kier alpha value is -3.60. The molecule has 1 aromatic heterocycles. The monoisotopic (exact) mass is 369 g/mol. The van der Waals surface area contributed by atoms with Gasteiger partial charge in [-0.3, -0.25) is 0 Å². The Morgan fingerprint density at radius 3 is 2.30 bits per heavy atom. The molecule has 1 N–H and O–H groups in total. The first-order valence-electron chi connectivity index (χ1n) is 7.88. The molecule has 0 amide bonds. The van der Waals surface area contributed by atoms with E-state index in [1.807, 2.05) is 6.07 Å². The standard InChI is InChI=1S/C19H14F3N5/c1-27(15-9-7-13(11-23)8-10-15)18-24-12-16(19(20,21)22)17(26-18)25-14-5-3-2-4-6-14/h2-10,12H,1H3,(H,24,25,26). The predicted molar refractivity (Wildman–Crippen MR) is 96.0 cm³/mol. The van der Waals surface area contributed by atoms with Crippen LogP contribution in [0.25, 0.3) is 0 Å². The molecule has 0 spiro atoms. The second-order valence-corrected chi connectivity index (χ2v) is 5.64. The Kier molecular flexibility index (Phi) is 4.94. The lowest BCUT2D eigenvalue weighted by atomic mass is 10.2. The summed E-state index contributed by atoms with van der Waals surface area (Å²) in [4.78, 5) is 9.47. The number of aromatic nitrogens is 2. The summed E-state index contributed by atoms with van der Waals surface area (Å²) >= 11 is 0. The average Bonchev–Trinajstić information content (AvgIpc) is 2.67. The van der Waals surface area contributed by atoms with Gasteiger partial charge in [-0.2, -0.15) is 23.4 Å². The molecule has 0 saturated heterocycles. The molecular weight excluding hydrogens is 355 g/mol. The minimum Gasteiger partial charge on any atom is -0.340 e. The van der Waals surface area contributed by atoms with Crippen molar-refractivity contribution in [1.82, 2.24) is 9.97 Å². The van der Waals surface area contributed by atoms with Crippen molar-refractivity contribution in [2.24, 2.45) is 0 Å². The normalized spacial score (nSPS) is 10.9. The number of nitrogens with zero attached hydrogens (tertiary/aromatic N) is 4. The number of benzene rings is 2. The number of hydrogen-bond donors (Lipinski definition) is 1. The fraction of sp³-hybridized carbons (Fsp3) is 0.105. The molecule has 0 atom stereocenters. The van der Waals surface area contributed by atoms with E-state index in [1.54, 1.807) is 61.6 Å². The van der Waals surface area contributed by atoms with Gasteiger partial charge in [0.2, 0.25) is 5.95 Å². The van der Waals surface area contributed by atoms with Crippen molar-refractivity contribution in [1.29, 1.82) is 5.26 Å². The van der Waals surface area contributed by atoms with Gasteiger partial charge >= 0.3 is 6.18 Å². The summed E-state index contributed by atoms with van der Waals surface area (Å²) in [5, 5.41) is 11.6. The molecule has 1 heterocycles. The SMILES string of the molecule is CN(c1ccc(C#N)cc1)c1ncc(C(F)(F)F)c(Nc2ccccc2)n1. The molecule has 0 aliphatic heterocycles. The summed E-state index contributed by atoms with van der Waals surface area (Å²) in [5.74, 6) is -0.245. The highest BCUT2D eigenvalue weighted by molar-refractivity contribution is 5.64. The molecule has 8 heteroatoms. The van der Waals surface area contributed by atoms with Crippen molar-refractivity contribution in [2.45, 2.75) is 6.18 Å². The van der Waals surface area contributed by atoms with E-state index in [1.165, 1.54) is 4.90 Å². The highest BCUT2D eigenvalue weighted by atomic mass is 19.4. The van der Waals surface area contributed by atoms with Crippen molar-refractivity contribution >= 4 is 23.1 Å². The van der Waals surface area contributed by atoms with Crippen LogP contribution in [-0.4, -0.2) is 17.0 Å². The van der Waals surface area contributed by atoms with Crippen molar-refractivity contribution in [2.75, 3.05) is 17.3 Å². The topological polar surface area (TPSA) is 64.8 Å². The van der Waals surface area contributed by atoms with Crippen LogP contribution >= 0.6 is 0 Å². The van der Waals surface area contributed by atoms with Gasteiger partial charge in [-0.1, -0.05) is 18.2 Å². The quantitative estimate of drug-likeness (QED) is 0.710. The highest BCUT2D eigenvalue weighted by Gasteiger charge is 2.35. The predicted octanol–water partition coefficient (Wildman–Crippen LogP) is 4.88. The van der Waals surface area contributed by atoms with Gasteiger partial charge in [-0.05, 0) is 36.4 Å². The third-order valence-electron chi connectivity index (χ3n) is 3.80. The zero-order valence-electron chi connectivity index (χ0n) is 14.2. The number of nitrogens with one attached hydrogen (secondary N) is 1. The van der Waals surface area contributed by atoms with Crippen LogP contribution in [0.4, 0.5) is 36.3 Å². The van der Waals surface area contributed by atoms with E-state index < -0.39 is 11.7 Å². The molecule has 0 bridgehead atoms. The third kappa shape index (κ3) is 4.15. The lowest BCUT2D eigenvalue weighted by Gasteiger charge is -2.20. The maximum atomic E-state index is 13.3. The van der Waals surface area contributed by atoms with Gasteiger partial charge in [0, 0.05) is 24.6 Å². The van der Waals surface area contributed by atoms with Crippen molar-refractivity contribution in [3.63, 3.8) is 0 Å². The van der Waals surface area contributed by atoms with E-state index in [0.29, 0.717) is 16.9 Å². The summed E-state index contributed by atoms with van der Waals surface area (Å²) in [5.41, 5.74) is 0.642. The van der Waals surface area contributed by atoms with Crippen LogP contribution in [0, 0.1) is 11.3 Å².